The highest BCUT2D eigenvalue weighted by Gasteiger charge is 2.15. The van der Waals surface area contributed by atoms with Crippen LogP contribution >= 0.6 is 15.9 Å². The molecule has 6 heteroatoms. The zero-order valence-corrected chi connectivity index (χ0v) is 11.8. The van der Waals surface area contributed by atoms with Crippen molar-refractivity contribution in [1.29, 1.82) is 0 Å². The topological polar surface area (TPSA) is 67.9 Å². The SMILES string of the molecule is CCCC(=O)O[C@@H](C)c1nc2ncc(Br)cc2[nH]1. The molecule has 0 unspecified atom stereocenters. The Labute approximate surface area is 113 Å². The Morgan fingerprint density at radius 2 is 2.39 bits per heavy atom. The van der Waals surface area contributed by atoms with Crippen LogP contribution in [0.5, 0.6) is 0 Å². The molecule has 2 aromatic heterocycles. The third-order valence-corrected chi connectivity index (χ3v) is 2.90. The normalized spacial score (nSPS) is 12.6. The van der Waals surface area contributed by atoms with Crippen molar-refractivity contribution in [1.82, 2.24) is 15.0 Å². The molecule has 0 aliphatic heterocycles. The lowest BCUT2D eigenvalue weighted by atomic mass is 10.3. The van der Waals surface area contributed by atoms with Crippen LogP contribution in [-0.2, 0) is 9.53 Å². The molecular formula is C12H14BrN3O2. The molecule has 2 heterocycles. The Balaban J connectivity index is 2.17. The maximum absolute atomic E-state index is 11.4. The summed E-state index contributed by atoms with van der Waals surface area (Å²) >= 11 is 3.34. The van der Waals surface area contributed by atoms with Gasteiger partial charge in [-0.3, -0.25) is 4.79 Å². The predicted octanol–water partition coefficient (Wildman–Crippen LogP) is 3.12. The van der Waals surface area contributed by atoms with E-state index in [4.69, 9.17) is 4.74 Å². The van der Waals surface area contributed by atoms with E-state index in [1.807, 2.05) is 13.0 Å². The zero-order valence-electron chi connectivity index (χ0n) is 10.2. The molecule has 18 heavy (non-hydrogen) atoms. The zero-order chi connectivity index (χ0) is 13.1. The van der Waals surface area contributed by atoms with Crippen LogP contribution in [0.4, 0.5) is 0 Å². The van der Waals surface area contributed by atoms with Gasteiger partial charge in [0, 0.05) is 17.1 Å². The van der Waals surface area contributed by atoms with Crippen LogP contribution in [0.3, 0.4) is 0 Å². The first-order valence-electron chi connectivity index (χ1n) is 5.80. The molecule has 0 aliphatic rings. The summed E-state index contributed by atoms with van der Waals surface area (Å²) in [5, 5.41) is 0. The second kappa shape index (κ2) is 5.48. The predicted molar refractivity (Wildman–Crippen MR) is 71.0 cm³/mol. The number of ether oxygens (including phenoxy) is 1. The summed E-state index contributed by atoms with van der Waals surface area (Å²) in [7, 11) is 0. The average molecular weight is 312 g/mol. The number of carbonyl (C=O) groups is 1. The maximum Gasteiger partial charge on any atom is 0.306 e. The van der Waals surface area contributed by atoms with Gasteiger partial charge in [-0.1, -0.05) is 6.92 Å². The van der Waals surface area contributed by atoms with Crippen LogP contribution in [0, 0.1) is 0 Å². The number of hydrogen-bond acceptors (Lipinski definition) is 4. The van der Waals surface area contributed by atoms with Crippen molar-refractivity contribution in [2.75, 3.05) is 0 Å². The third kappa shape index (κ3) is 2.87. The Kier molecular flexibility index (Phi) is 3.96. The van der Waals surface area contributed by atoms with Crippen LogP contribution in [0.2, 0.25) is 0 Å². The molecule has 0 aliphatic carbocycles. The second-order valence-corrected chi connectivity index (χ2v) is 4.94. The molecule has 2 aromatic rings. The van der Waals surface area contributed by atoms with Crippen LogP contribution in [0.15, 0.2) is 16.7 Å². The number of imidazole rings is 1. The molecule has 1 N–H and O–H groups in total. The van der Waals surface area contributed by atoms with E-state index in [9.17, 15) is 4.79 Å². The largest absolute Gasteiger partial charge is 0.454 e. The van der Waals surface area contributed by atoms with E-state index in [-0.39, 0.29) is 5.97 Å². The number of rotatable bonds is 4. The smallest absolute Gasteiger partial charge is 0.306 e. The number of hydrogen-bond donors (Lipinski definition) is 1. The van der Waals surface area contributed by atoms with Crippen LogP contribution in [0.1, 0.15) is 38.6 Å². The quantitative estimate of drug-likeness (QED) is 0.881. The summed E-state index contributed by atoms with van der Waals surface area (Å²) in [6.07, 6.45) is 2.49. The molecule has 0 fully saturated rings. The van der Waals surface area contributed by atoms with Gasteiger partial charge < -0.3 is 9.72 Å². The van der Waals surface area contributed by atoms with Gasteiger partial charge >= 0.3 is 5.97 Å². The summed E-state index contributed by atoms with van der Waals surface area (Å²) in [4.78, 5) is 23.0. The van der Waals surface area contributed by atoms with Crippen molar-refractivity contribution < 1.29 is 9.53 Å². The molecule has 0 bridgehead atoms. The van der Waals surface area contributed by atoms with E-state index < -0.39 is 6.10 Å². The fraction of sp³-hybridized carbons (Fsp3) is 0.417. The number of H-pyrrole nitrogens is 1. The first kappa shape index (κ1) is 13.0. The fourth-order valence-electron chi connectivity index (χ4n) is 1.60. The number of nitrogens with zero attached hydrogens (tertiary/aromatic N) is 2. The van der Waals surface area contributed by atoms with E-state index in [1.165, 1.54) is 0 Å². The summed E-state index contributed by atoms with van der Waals surface area (Å²) < 4.78 is 6.14. The molecule has 0 radical (unpaired) electrons. The van der Waals surface area contributed by atoms with Gasteiger partial charge in [-0.05, 0) is 35.3 Å². The lowest BCUT2D eigenvalue weighted by Gasteiger charge is -2.09. The number of pyridine rings is 1. The first-order chi connectivity index (χ1) is 8.60. The van der Waals surface area contributed by atoms with Gasteiger partial charge in [-0.15, -0.1) is 0 Å². The van der Waals surface area contributed by atoms with Crippen molar-refractivity contribution in [2.45, 2.75) is 32.8 Å². The number of aromatic amines is 1. The minimum atomic E-state index is -0.392. The molecule has 5 nitrogen and oxygen atoms in total. The first-order valence-corrected chi connectivity index (χ1v) is 6.60. The number of nitrogens with one attached hydrogen (secondary N) is 1. The molecule has 0 spiro atoms. The summed E-state index contributed by atoms with van der Waals surface area (Å²) in [6, 6.07) is 1.89. The van der Waals surface area contributed by atoms with E-state index in [2.05, 4.69) is 30.9 Å². The summed E-state index contributed by atoms with van der Waals surface area (Å²) in [5.74, 6) is 0.402. The van der Waals surface area contributed by atoms with Crippen molar-refractivity contribution in [3.63, 3.8) is 0 Å². The van der Waals surface area contributed by atoms with Crippen molar-refractivity contribution in [3.05, 3.63) is 22.6 Å². The van der Waals surface area contributed by atoms with Crippen molar-refractivity contribution >= 4 is 33.1 Å². The van der Waals surface area contributed by atoms with Crippen LogP contribution in [-0.4, -0.2) is 20.9 Å². The number of halogens is 1. The molecular weight excluding hydrogens is 298 g/mol. The lowest BCUT2D eigenvalue weighted by Crippen LogP contribution is -2.09. The van der Waals surface area contributed by atoms with E-state index >= 15 is 0 Å². The van der Waals surface area contributed by atoms with Crippen molar-refractivity contribution in [2.24, 2.45) is 0 Å². The fourth-order valence-corrected chi connectivity index (χ4v) is 1.93. The standard InChI is InChI=1S/C12H14BrN3O2/c1-3-4-10(17)18-7(2)11-15-9-5-8(13)6-14-12(9)16-11/h5-7H,3-4H2,1-2H3,(H,14,15,16)/t7-/m0/s1. The summed E-state index contributed by atoms with van der Waals surface area (Å²) in [5.41, 5.74) is 1.43. The van der Waals surface area contributed by atoms with Crippen LogP contribution < -0.4 is 0 Å². The molecule has 0 aromatic carbocycles. The number of carbonyl (C=O) groups excluding carboxylic acids is 1. The molecule has 2 rings (SSSR count). The van der Waals surface area contributed by atoms with Gasteiger partial charge in [0.05, 0.1) is 5.52 Å². The lowest BCUT2D eigenvalue weighted by molar-refractivity contribution is -0.148. The minimum absolute atomic E-state index is 0.209. The number of fused-ring (bicyclic) bond motifs is 1. The molecule has 0 saturated heterocycles. The van der Waals surface area contributed by atoms with Gasteiger partial charge in [-0.2, -0.15) is 0 Å². The van der Waals surface area contributed by atoms with Crippen molar-refractivity contribution in [3.8, 4) is 0 Å². The van der Waals surface area contributed by atoms with Gasteiger partial charge in [0.1, 0.15) is 5.82 Å². The van der Waals surface area contributed by atoms with Gasteiger partial charge in [-0.25, -0.2) is 9.97 Å². The molecule has 0 amide bonds. The van der Waals surface area contributed by atoms with E-state index in [0.29, 0.717) is 17.9 Å². The summed E-state index contributed by atoms with van der Waals surface area (Å²) in [6.45, 7) is 3.73. The van der Waals surface area contributed by atoms with E-state index in [1.54, 1.807) is 13.1 Å². The van der Waals surface area contributed by atoms with Gasteiger partial charge in [0.25, 0.3) is 0 Å². The Hall–Kier alpha value is -1.43. The maximum atomic E-state index is 11.4. The second-order valence-electron chi connectivity index (χ2n) is 4.03. The Bertz CT molecular complexity index is 567. The highest BCUT2D eigenvalue weighted by molar-refractivity contribution is 9.10. The monoisotopic (exact) mass is 311 g/mol. The highest BCUT2D eigenvalue weighted by atomic mass is 79.9. The minimum Gasteiger partial charge on any atom is -0.454 e. The number of aromatic nitrogens is 3. The Morgan fingerprint density at radius 1 is 1.61 bits per heavy atom. The Morgan fingerprint density at radius 3 is 3.11 bits per heavy atom. The highest BCUT2D eigenvalue weighted by Crippen LogP contribution is 2.20. The van der Waals surface area contributed by atoms with Gasteiger partial charge in [0.15, 0.2) is 11.8 Å². The van der Waals surface area contributed by atoms with Gasteiger partial charge in [0.2, 0.25) is 0 Å². The van der Waals surface area contributed by atoms with E-state index in [0.717, 1.165) is 16.4 Å². The molecule has 96 valence electrons. The average Bonchev–Trinajstić information content (AvgIpc) is 2.72. The molecule has 0 saturated carbocycles. The molecule has 1 atom stereocenters. The number of esters is 1. The van der Waals surface area contributed by atoms with Crippen LogP contribution in [0.25, 0.3) is 11.2 Å². The third-order valence-electron chi connectivity index (χ3n) is 2.47.